The van der Waals surface area contributed by atoms with Gasteiger partial charge in [0, 0.05) is 30.6 Å². The lowest BCUT2D eigenvalue weighted by molar-refractivity contribution is 0.0118. The van der Waals surface area contributed by atoms with Gasteiger partial charge in [-0.1, -0.05) is 0 Å². The number of hydrogen-bond donors (Lipinski definition) is 1. The van der Waals surface area contributed by atoms with Gasteiger partial charge in [-0.2, -0.15) is 11.3 Å². The second-order valence-electron chi connectivity index (χ2n) is 4.90. The molecule has 0 unspecified atom stereocenters. The molecule has 1 aliphatic heterocycles. The minimum atomic E-state index is -0.0407. The van der Waals surface area contributed by atoms with E-state index in [9.17, 15) is 4.79 Å². The Morgan fingerprint density at radius 3 is 2.90 bits per heavy atom. The van der Waals surface area contributed by atoms with E-state index in [1.807, 2.05) is 29.0 Å². The Kier molecular flexibility index (Phi) is 4.69. The van der Waals surface area contributed by atoms with Crippen molar-refractivity contribution >= 4 is 17.2 Å². The molecule has 2 aromatic heterocycles. The lowest BCUT2D eigenvalue weighted by atomic mass is 10.1. The first-order valence-corrected chi connectivity index (χ1v) is 7.94. The highest BCUT2D eigenvalue weighted by Gasteiger charge is 2.25. The Morgan fingerprint density at radius 1 is 1.38 bits per heavy atom. The molecule has 0 aromatic carbocycles. The standard InChI is InChI=1S/C15H18N2O3S/c18-15(12-3-9-21-11-12)16-10-13(14-2-1-6-20-14)17-4-7-19-8-5-17/h1-3,6,9,11,13H,4-5,7-8,10H2,(H,16,18)/t13-/m1/s1. The van der Waals surface area contributed by atoms with Gasteiger partial charge in [-0.25, -0.2) is 0 Å². The fraction of sp³-hybridized carbons (Fsp3) is 0.400. The van der Waals surface area contributed by atoms with Crippen molar-refractivity contribution in [2.75, 3.05) is 32.8 Å². The van der Waals surface area contributed by atoms with E-state index in [1.54, 1.807) is 6.26 Å². The Bertz CT molecular complexity index is 548. The van der Waals surface area contributed by atoms with Crippen molar-refractivity contribution in [2.45, 2.75) is 6.04 Å². The van der Waals surface area contributed by atoms with Crippen LogP contribution in [0.1, 0.15) is 22.2 Å². The first kappa shape index (κ1) is 14.3. The number of rotatable bonds is 5. The Balaban J connectivity index is 1.66. The lowest BCUT2D eigenvalue weighted by Gasteiger charge is -2.33. The summed E-state index contributed by atoms with van der Waals surface area (Å²) in [6, 6.07) is 5.71. The molecule has 112 valence electrons. The van der Waals surface area contributed by atoms with E-state index in [4.69, 9.17) is 9.15 Å². The van der Waals surface area contributed by atoms with Crippen LogP contribution in [0.15, 0.2) is 39.6 Å². The molecule has 1 atom stereocenters. The van der Waals surface area contributed by atoms with Crippen LogP contribution in [0.4, 0.5) is 0 Å². The molecule has 3 heterocycles. The van der Waals surface area contributed by atoms with Crippen LogP contribution in [0.3, 0.4) is 0 Å². The summed E-state index contributed by atoms with van der Waals surface area (Å²) in [7, 11) is 0. The normalized spacial score (nSPS) is 17.5. The monoisotopic (exact) mass is 306 g/mol. The van der Waals surface area contributed by atoms with Crippen LogP contribution < -0.4 is 5.32 Å². The van der Waals surface area contributed by atoms with Gasteiger partial charge in [0.2, 0.25) is 0 Å². The highest BCUT2D eigenvalue weighted by molar-refractivity contribution is 7.08. The quantitative estimate of drug-likeness (QED) is 0.919. The van der Waals surface area contributed by atoms with E-state index in [0.717, 1.165) is 32.1 Å². The Labute approximate surface area is 127 Å². The van der Waals surface area contributed by atoms with Gasteiger partial charge in [0.05, 0.1) is 25.5 Å². The lowest BCUT2D eigenvalue weighted by Crippen LogP contribution is -2.43. The second kappa shape index (κ2) is 6.89. The van der Waals surface area contributed by atoms with Crippen molar-refractivity contribution in [2.24, 2.45) is 0 Å². The smallest absolute Gasteiger partial charge is 0.252 e. The molecule has 1 aliphatic rings. The SMILES string of the molecule is O=C(NC[C@H](c1ccco1)N1CCOCC1)c1ccsc1. The molecule has 21 heavy (non-hydrogen) atoms. The zero-order chi connectivity index (χ0) is 14.5. The van der Waals surface area contributed by atoms with Crippen molar-refractivity contribution in [3.05, 3.63) is 46.5 Å². The number of morpholine rings is 1. The summed E-state index contributed by atoms with van der Waals surface area (Å²) in [5, 5.41) is 6.75. The van der Waals surface area contributed by atoms with Gasteiger partial charge in [0.15, 0.2) is 0 Å². The third-order valence-corrected chi connectivity index (χ3v) is 4.28. The van der Waals surface area contributed by atoms with Crippen molar-refractivity contribution < 1.29 is 13.9 Å². The van der Waals surface area contributed by atoms with Crippen LogP contribution in [0, 0.1) is 0 Å². The van der Waals surface area contributed by atoms with Crippen LogP contribution in [-0.2, 0) is 4.74 Å². The molecule has 6 heteroatoms. The van der Waals surface area contributed by atoms with Crippen LogP contribution in [-0.4, -0.2) is 43.7 Å². The molecule has 0 radical (unpaired) electrons. The highest BCUT2D eigenvalue weighted by Crippen LogP contribution is 2.21. The van der Waals surface area contributed by atoms with Crippen LogP contribution >= 0.6 is 11.3 Å². The first-order valence-electron chi connectivity index (χ1n) is 7.00. The molecule has 5 nitrogen and oxygen atoms in total. The summed E-state index contributed by atoms with van der Waals surface area (Å²) in [6.45, 7) is 3.66. The Morgan fingerprint density at radius 2 is 2.24 bits per heavy atom. The molecule has 0 saturated carbocycles. The number of furan rings is 1. The summed E-state index contributed by atoms with van der Waals surface area (Å²) < 4.78 is 10.9. The number of nitrogens with zero attached hydrogens (tertiary/aromatic N) is 1. The predicted octanol–water partition coefficient (Wildman–Crippen LogP) is 2.14. The van der Waals surface area contributed by atoms with Crippen molar-refractivity contribution in [1.82, 2.24) is 10.2 Å². The van der Waals surface area contributed by atoms with Gasteiger partial charge in [0.1, 0.15) is 5.76 Å². The maximum absolute atomic E-state index is 12.1. The molecule has 0 aliphatic carbocycles. The molecule has 1 N–H and O–H groups in total. The summed E-state index contributed by atoms with van der Waals surface area (Å²) in [5.74, 6) is 0.837. The molecule has 0 bridgehead atoms. The van der Waals surface area contributed by atoms with Gasteiger partial charge in [0.25, 0.3) is 5.91 Å². The molecule has 3 rings (SSSR count). The van der Waals surface area contributed by atoms with E-state index in [0.29, 0.717) is 12.1 Å². The van der Waals surface area contributed by atoms with Gasteiger partial charge in [-0.3, -0.25) is 9.69 Å². The maximum Gasteiger partial charge on any atom is 0.252 e. The molecule has 1 saturated heterocycles. The average Bonchev–Trinajstić information content (AvgIpc) is 3.22. The van der Waals surface area contributed by atoms with Gasteiger partial charge in [-0.05, 0) is 23.6 Å². The van der Waals surface area contributed by atoms with Crippen molar-refractivity contribution in [1.29, 1.82) is 0 Å². The largest absolute Gasteiger partial charge is 0.468 e. The Hall–Kier alpha value is -1.63. The summed E-state index contributed by atoms with van der Waals surface area (Å²) in [4.78, 5) is 14.4. The van der Waals surface area contributed by atoms with Gasteiger partial charge in [-0.15, -0.1) is 0 Å². The van der Waals surface area contributed by atoms with E-state index in [-0.39, 0.29) is 11.9 Å². The maximum atomic E-state index is 12.1. The third kappa shape index (κ3) is 3.53. The molecular formula is C15H18N2O3S. The number of carbonyl (C=O) groups excluding carboxylic acids is 1. The summed E-state index contributed by atoms with van der Waals surface area (Å²) in [6.07, 6.45) is 1.67. The fourth-order valence-corrected chi connectivity index (χ4v) is 3.10. The van der Waals surface area contributed by atoms with Crippen LogP contribution in [0.25, 0.3) is 0 Å². The predicted molar refractivity (Wildman–Crippen MR) is 80.5 cm³/mol. The molecule has 1 amide bonds. The van der Waals surface area contributed by atoms with Crippen LogP contribution in [0.5, 0.6) is 0 Å². The van der Waals surface area contributed by atoms with Gasteiger partial charge >= 0.3 is 0 Å². The van der Waals surface area contributed by atoms with E-state index < -0.39 is 0 Å². The van der Waals surface area contributed by atoms with Crippen molar-refractivity contribution in [3.8, 4) is 0 Å². The number of hydrogen-bond acceptors (Lipinski definition) is 5. The first-order chi connectivity index (χ1) is 10.3. The summed E-state index contributed by atoms with van der Waals surface area (Å²) >= 11 is 1.52. The number of carbonyl (C=O) groups is 1. The molecule has 1 fully saturated rings. The fourth-order valence-electron chi connectivity index (χ4n) is 2.46. The molecule has 0 spiro atoms. The number of thiophene rings is 1. The minimum Gasteiger partial charge on any atom is -0.468 e. The molecule has 2 aromatic rings. The van der Waals surface area contributed by atoms with Crippen LogP contribution in [0.2, 0.25) is 0 Å². The number of ether oxygens (including phenoxy) is 1. The third-order valence-electron chi connectivity index (χ3n) is 3.60. The number of nitrogens with one attached hydrogen (secondary N) is 1. The molecular weight excluding hydrogens is 288 g/mol. The van der Waals surface area contributed by atoms with E-state index in [1.165, 1.54) is 11.3 Å². The van der Waals surface area contributed by atoms with E-state index in [2.05, 4.69) is 10.2 Å². The topological polar surface area (TPSA) is 54.7 Å². The van der Waals surface area contributed by atoms with Gasteiger partial charge < -0.3 is 14.5 Å². The second-order valence-corrected chi connectivity index (χ2v) is 5.68. The highest BCUT2D eigenvalue weighted by atomic mass is 32.1. The van der Waals surface area contributed by atoms with E-state index >= 15 is 0 Å². The number of amides is 1. The van der Waals surface area contributed by atoms with Crippen molar-refractivity contribution in [3.63, 3.8) is 0 Å². The average molecular weight is 306 g/mol. The zero-order valence-electron chi connectivity index (χ0n) is 11.7. The minimum absolute atomic E-state index is 0.0407. The zero-order valence-corrected chi connectivity index (χ0v) is 12.5. The summed E-state index contributed by atoms with van der Waals surface area (Å²) in [5.41, 5.74) is 0.708.